The first-order valence-corrected chi connectivity index (χ1v) is 5.43. The number of hydrogen-bond donors (Lipinski definition) is 2. The lowest BCUT2D eigenvalue weighted by molar-refractivity contribution is 0.518. The molecule has 0 fully saturated rings. The molecule has 0 saturated carbocycles. The van der Waals surface area contributed by atoms with Crippen LogP contribution in [-0.2, 0) is 6.54 Å². The summed E-state index contributed by atoms with van der Waals surface area (Å²) in [4.78, 5) is 0.0556. The summed E-state index contributed by atoms with van der Waals surface area (Å²) in [7, 11) is 0. The first-order valence-electron chi connectivity index (χ1n) is 5.02. The Morgan fingerprint density at radius 3 is 2.82 bits per heavy atom. The van der Waals surface area contributed by atoms with E-state index in [0.717, 1.165) is 5.76 Å². The Balaban J connectivity index is 2.07. The van der Waals surface area contributed by atoms with Crippen molar-refractivity contribution in [1.82, 2.24) is 0 Å². The van der Waals surface area contributed by atoms with Crippen molar-refractivity contribution in [2.24, 2.45) is 5.73 Å². The van der Waals surface area contributed by atoms with Gasteiger partial charge in [-0.1, -0.05) is 12.2 Å². The molecular formula is C12H11FN2OS. The molecule has 2 rings (SSSR count). The number of thiocarbonyl (C=S) groups is 1. The smallest absolute Gasteiger partial charge is 0.135 e. The van der Waals surface area contributed by atoms with Crippen molar-refractivity contribution in [3.8, 4) is 0 Å². The van der Waals surface area contributed by atoms with Crippen molar-refractivity contribution in [2.45, 2.75) is 6.54 Å². The van der Waals surface area contributed by atoms with E-state index in [1.807, 2.05) is 6.07 Å². The minimum atomic E-state index is -0.429. The van der Waals surface area contributed by atoms with Gasteiger partial charge in [-0.05, 0) is 30.3 Å². The molecule has 3 N–H and O–H groups in total. The zero-order valence-corrected chi connectivity index (χ0v) is 9.76. The Labute approximate surface area is 103 Å². The van der Waals surface area contributed by atoms with E-state index in [9.17, 15) is 4.39 Å². The quantitative estimate of drug-likeness (QED) is 0.819. The van der Waals surface area contributed by atoms with Crippen LogP contribution in [0.4, 0.5) is 10.1 Å². The molecule has 88 valence electrons. The van der Waals surface area contributed by atoms with Crippen LogP contribution in [0.15, 0.2) is 41.0 Å². The number of anilines is 1. The minimum Gasteiger partial charge on any atom is -0.467 e. The number of hydrogen-bond acceptors (Lipinski definition) is 3. The second-order valence-corrected chi connectivity index (χ2v) is 3.93. The third kappa shape index (κ3) is 2.82. The van der Waals surface area contributed by atoms with E-state index in [1.165, 1.54) is 6.07 Å². The highest BCUT2D eigenvalue weighted by Crippen LogP contribution is 2.15. The van der Waals surface area contributed by atoms with Gasteiger partial charge < -0.3 is 15.5 Å². The Hall–Kier alpha value is -1.88. The molecule has 0 amide bonds. The normalized spacial score (nSPS) is 10.2. The highest BCUT2D eigenvalue weighted by molar-refractivity contribution is 7.80. The lowest BCUT2D eigenvalue weighted by Gasteiger charge is -2.06. The molecule has 0 bridgehead atoms. The van der Waals surface area contributed by atoms with Gasteiger partial charge >= 0.3 is 0 Å². The van der Waals surface area contributed by atoms with Crippen LogP contribution in [0.1, 0.15) is 11.3 Å². The first kappa shape index (κ1) is 11.6. The minimum absolute atomic E-state index is 0.0556. The van der Waals surface area contributed by atoms with Gasteiger partial charge in [-0.25, -0.2) is 4.39 Å². The summed E-state index contributed by atoms with van der Waals surface area (Å²) in [5, 5.41) is 3.04. The largest absolute Gasteiger partial charge is 0.467 e. The van der Waals surface area contributed by atoms with Gasteiger partial charge in [0.1, 0.15) is 16.6 Å². The molecular weight excluding hydrogens is 239 g/mol. The van der Waals surface area contributed by atoms with Crippen LogP contribution in [0.25, 0.3) is 0 Å². The fraction of sp³-hybridized carbons (Fsp3) is 0.0833. The van der Waals surface area contributed by atoms with Gasteiger partial charge in [0.15, 0.2) is 0 Å². The Morgan fingerprint density at radius 1 is 1.41 bits per heavy atom. The first-order chi connectivity index (χ1) is 8.16. The zero-order valence-electron chi connectivity index (χ0n) is 8.94. The van der Waals surface area contributed by atoms with Crippen LogP contribution < -0.4 is 11.1 Å². The molecule has 0 atom stereocenters. The van der Waals surface area contributed by atoms with Crippen molar-refractivity contribution in [3.63, 3.8) is 0 Å². The molecule has 1 aromatic carbocycles. The molecule has 1 heterocycles. The Bertz CT molecular complexity index is 525. The highest BCUT2D eigenvalue weighted by Gasteiger charge is 2.05. The predicted molar refractivity (Wildman–Crippen MR) is 68.3 cm³/mol. The van der Waals surface area contributed by atoms with Gasteiger partial charge in [0, 0.05) is 11.3 Å². The maximum Gasteiger partial charge on any atom is 0.135 e. The fourth-order valence-corrected chi connectivity index (χ4v) is 1.59. The average molecular weight is 250 g/mol. The third-order valence-corrected chi connectivity index (χ3v) is 2.50. The molecule has 1 aromatic heterocycles. The topological polar surface area (TPSA) is 51.2 Å². The number of halogens is 1. The molecule has 0 saturated heterocycles. The molecule has 2 aromatic rings. The van der Waals surface area contributed by atoms with Crippen LogP contribution in [0.5, 0.6) is 0 Å². The van der Waals surface area contributed by atoms with Gasteiger partial charge in [0.2, 0.25) is 0 Å². The van der Waals surface area contributed by atoms with E-state index in [-0.39, 0.29) is 10.6 Å². The SMILES string of the molecule is NC(=S)c1ccc(NCc2ccco2)cc1F. The van der Waals surface area contributed by atoms with E-state index >= 15 is 0 Å². The Morgan fingerprint density at radius 2 is 2.24 bits per heavy atom. The van der Waals surface area contributed by atoms with Crippen molar-refractivity contribution < 1.29 is 8.81 Å². The highest BCUT2D eigenvalue weighted by atomic mass is 32.1. The summed E-state index contributed by atoms with van der Waals surface area (Å²) < 4.78 is 18.7. The molecule has 0 unspecified atom stereocenters. The predicted octanol–water partition coefficient (Wildman–Crippen LogP) is 2.67. The van der Waals surface area contributed by atoms with Gasteiger partial charge in [0.05, 0.1) is 12.8 Å². The second kappa shape index (κ2) is 4.97. The monoisotopic (exact) mass is 250 g/mol. The lowest BCUT2D eigenvalue weighted by Crippen LogP contribution is -2.11. The van der Waals surface area contributed by atoms with Gasteiger partial charge in [-0.2, -0.15) is 0 Å². The number of rotatable bonds is 4. The summed E-state index contributed by atoms with van der Waals surface area (Å²) in [5.41, 5.74) is 6.28. The van der Waals surface area contributed by atoms with Crippen LogP contribution >= 0.6 is 12.2 Å². The van der Waals surface area contributed by atoms with Gasteiger partial charge in [0.25, 0.3) is 0 Å². The van der Waals surface area contributed by atoms with Crippen molar-refractivity contribution in [3.05, 3.63) is 53.7 Å². The summed E-state index contributed by atoms with van der Waals surface area (Å²) in [6, 6.07) is 8.28. The number of nitrogens with one attached hydrogen (secondary N) is 1. The molecule has 0 aliphatic heterocycles. The van der Waals surface area contributed by atoms with Crippen LogP contribution in [-0.4, -0.2) is 4.99 Å². The molecule has 0 aliphatic rings. The number of nitrogens with two attached hydrogens (primary N) is 1. The van der Waals surface area contributed by atoms with Crippen molar-refractivity contribution >= 4 is 22.9 Å². The van der Waals surface area contributed by atoms with E-state index in [0.29, 0.717) is 12.2 Å². The van der Waals surface area contributed by atoms with Crippen molar-refractivity contribution in [2.75, 3.05) is 5.32 Å². The van der Waals surface area contributed by atoms with E-state index in [1.54, 1.807) is 24.5 Å². The standard InChI is InChI=1S/C12H11FN2OS/c13-11-6-8(3-4-10(11)12(14)17)15-7-9-2-1-5-16-9/h1-6,15H,7H2,(H2,14,17). The fourth-order valence-electron chi connectivity index (χ4n) is 1.43. The molecule has 0 aliphatic carbocycles. The molecule has 0 radical (unpaired) electrons. The van der Waals surface area contributed by atoms with Crippen LogP contribution in [0, 0.1) is 5.82 Å². The van der Waals surface area contributed by atoms with Gasteiger partial charge in [-0.15, -0.1) is 0 Å². The van der Waals surface area contributed by atoms with E-state index < -0.39 is 5.82 Å². The molecule has 0 spiro atoms. The third-order valence-electron chi connectivity index (χ3n) is 2.28. The molecule has 3 nitrogen and oxygen atoms in total. The maximum absolute atomic E-state index is 13.5. The summed E-state index contributed by atoms with van der Waals surface area (Å²) in [6.45, 7) is 0.499. The van der Waals surface area contributed by atoms with E-state index in [2.05, 4.69) is 5.32 Å². The summed E-state index contributed by atoms with van der Waals surface area (Å²) in [6.07, 6.45) is 1.59. The number of benzene rings is 1. The Kier molecular flexibility index (Phi) is 3.39. The number of furan rings is 1. The van der Waals surface area contributed by atoms with Gasteiger partial charge in [-0.3, -0.25) is 0 Å². The molecule has 17 heavy (non-hydrogen) atoms. The second-order valence-electron chi connectivity index (χ2n) is 3.49. The average Bonchev–Trinajstić information content (AvgIpc) is 2.78. The van der Waals surface area contributed by atoms with Crippen LogP contribution in [0.2, 0.25) is 0 Å². The summed E-state index contributed by atoms with van der Waals surface area (Å²) >= 11 is 4.72. The molecule has 5 heteroatoms. The summed E-state index contributed by atoms with van der Waals surface area (Å²) in [5.74, 6) is 0.353. The zero-order chi connectivity index (χ0) is 12.3. The van der Waals surface area contributed by atoms with Crippen molar-refractivity contribution in [1.29, 1.82) is 0 Å². The lowest BCUT2D eigenvalue weighted by atomic mass is 10.2. The van der Waals surface area contributed by atoms with Crippen LogP contribution in [0.3, 0.4) is 0 Å². The maximum atomic E-state index is 13.5. The van der Waals surface area contributed by atoms with E-state index in [4.69, 9.17) is 22.4 Å².